The number of hydrogen-bond donors (Lipinski definition) is 1. The maximum absolute atomic E-state index is 12.4. The fraction of sp³-hybridized carbons (Fsp3) is 0.150. The van der Waals surface area contributed by atoms with Crippen molar-refractivity contribution in [3.8, 4) is 11.4 Å². The molecule has 0 atom stereocenters. The summed E-state index contributed by atoms with van der Waals surface area (Å²) < 4.78 is 6.56. The van der Waals surface area contributed by atoms with Gasteiger partial charge >= 0.3 is 0 Å². The number of aromatic nitrogens is 2. The maximum atomic E-state index is 12.4. The van der Waals surface area contributed by atoms with Crippen molar-refractivity contribution in [3.05, 3.63) is 88.6 Å². The first-order valence-electron chi connectivity index (χ1n) is 8.22. The highest BCUT2D eigenvalue weighted by Crippen LogP contribution is 2.14. The summed E-state index contributed by atoms with van der Waals surface area (Å²) in [4.78, 5) is 28.7. The van der Waals surface area contributed by atoms with Crippen LogP contribution in [0.5, 0.6) is 5.75 Å². The third-order valence-corrected chi connectivity index (χ3v) is 3.92. The molecule has 132 valence electrons. The summed E-state index contributed by atoms with van der Waals surface area (Å²) in [7, 11) is 1.58. The van der Waals surface area contributed by atoms with E-state index in [2.05, 4.69) is 10.3 Å². The Kier molecular flexibility index (Phi) is 5.43. The van der Waals surface area contributed by atoms with Gasteiger partial charge in [-0.25, -0.2) is 0 Å². The molecular formula is C20H19N3O3. The smallest absolute Gasteiger partial charge is 0.255 e. The van der Waals surface area contributed by atoms with E-state index in [1.54, 1.807) is 43.8 Å². The van der Waals surface area contributed by atoms with Crippen LogP contribution in [0.25, 0.3) is 5.69 Å². The summed E-state index contributed by atoms with van der Waals surface area (Å²) in [6.45, 7) is 0.470. The van der Waals surface area contributed by atoms with E-state index in [1.165, 1.54) is 16.7 Å². The second-order valence-electron chi connectivity index (χ2n) is 5.65. The number of pyridine rings is 2. The molecule has 2 heterocycles. The molecular weight excluding hydrogens is 330 g/mol. The average molecular weight is 349 g/mol. The molecule has 2 aromatic heterocycles. The van der Waals surface area contributed by atoms with Crippen molar-refractivity contribution in [3.63, 3.8) is 0 Å². The number of nitrogens with one attached hydrogen (secondary N) is 1. The molecule has 0 radical (unpaired) electrons. The van der Waals surface area contributed by atoms with Gasteiger partial charge in [-0.1, -0.05) is 6.07 Å². The van der Waals surface area contributed by atoms with Gasteiger partial charge in [0.15, 0.2) is 0 Å². The number of carbonyl (C=O) groups excluding carboxylic acids is 1. The van der Waals surface area contributed by atoms with Gasteiger partial charge < -0.3 is 10.1 Å². The first-order valence-corrected chi connectivity index (χ1v) is 8.22. The standard InChI is InChI=1S/C20H19N3O3/c1-26-18-8-6-17(7-9-18)23-14-15(5-10-19(23)24)20(25)22-13-11-16-4-2-3-12-21-16/h2-10,12,14H,11,13H2,1H3,(H,22,25). The Labute approximate surface area is 151 Å². The van der Waals surface area contributed by atoms with E-state index >= 15 is 0 Å². The quantitative estimate of drug-likeness (QED) is 0.740. The van der Waals surface area contributed by atoms with Gasteiger partial charge in [0.05, 0.1) is 12.7 Å². The number of hydrogen-bond acceptors (Lipinski definition) is 4. The Morgan fingerprint density at radius 3 is 2.62 bits per heavy atom. The van der Waals surface area contributed by atoms with E-state index in [1.807, 2.05) is 18.2 Å². The molecule has 6 nitrogen and oxygen atoms in total. The Morgan fingerprint density at radius 1 is 1.12 bits per heavy atom. The zero-order chi connectivity index (χ0) is 18.4. The van der Waals surface area contributed by atoms with Crippen molar-refractivity contribution in [2.75, 3.05) is 13.7 Å². The van der Waals surface area contributed by atoms with Crippen LogP contribution in [0, 0.1) is 0 Å². The lowest BCUT2D eigenvalue weighted by Crippen LogP contribution is -2.28. The molecule has 0 bridgehead atoms. The second-order valence-corrected chi connectivity index (χ2v) is 5.65. The van der Waals surface area contributed by atoms with E-state index in [9.17, 15) is 9.59 Å². The zero-order valence-corrected chi connectivity index (χ0v) is 14.4. The Morgan fingerprint density at radius 2 is 1.92 bits per heavy atom. The van der Waals surface area contributed by atoms with Crippen LogP contribution in [0.2, 0.25) is 0 Å². The number of amides is 1. The Hall–Kier alpha value is -3.41. The molecule has 1 N–H and O–H groups in total. The van der Waals surface area contributed by atoms with Gasteiger partial charge in [-0.15, -0.1) is 0 Å². The predicted octanol–water partition coefficient (Wildman–Crippen LogP) is 2.21. The molecule has 0 saturated carbocycles. The lowest BCUT2D eigenvalue weighted by molar-refractivity contribution is 0.0953. The van der Waals surface area contributed by atoms with Crippen LogP contribution in [0.4, 0.5) is 0 Å². The summed E-state index contributed by atoms with van der Waals surface area (Å²) in [5, 5.41) is 2.85. The summed E-state index contributed by atoms with van der Waals surface area (Å²) >= 11 is 0. The largest absolute Gasteiger partial charge is 0.497 e. The first-order chi connectivity index (χ1) is 12.7. The summed E-state index contributed by atoms with van der Waals surface area (Å²) in [5.41, 5.74) is 1.79. The highest BCUT2D eigenvalue weighted by molar-refractivity contribution is 5.93. The maximum Gasteiger partial charge on any atom is 0.255 e. The van der Waals surface area contributed by atoms with Gasteiger partial charge in [0, 0.05) is 42.8 Å². The van der Waals surface area contributed by atoms with Gasteiger partial charge in [0.1, 0.15) is 5.75 Å². The van der Waals surface area contributed by atoms with Crippen molar-refractivity contribution in [1.82, 2.24) is 14.9 Å². The fourth-order valence-electron chi connectivity index (χ4n) is 2.52. The molecule has 0 saturated heterocycles. The SMILES string of the molecule is COc1ccc(-n2cc(C(=O)NCCc3ccccn3)ccc2=O)cc1. The van der Waals surface area contributed by atoms with Crippen molar-refractivity contribution in [2.45, 2.75) is 6.42 Å². The Bertz CT molecular complexity index is 935. The van der Waals surface area contributed by atoms with Gasteiger partial charge in [-0.05, 0) is 42.5 Å². The van der Waals surface area contributed by atoms with Gasteiger partial charge in [-0.2, -0.15) is 0 Å². The van der Waals surface area contributed by atoms with Gasteiger partial charge in [-0.3, -0.25) is 19.1 Å². The highest BCUT2D eigenvalue weighted by atomic mass is 16.5. The molecule has 0 spiro atoms. The highest BCUT2D eigenvalue weighted by Gasteiger charge is 2.09. The minimum atomic E-state index is -0.233. The predicted molar refractivity (Wildman–Crippen MR) is 98.9 cm³/mol. The molecule has 0 aliphatic carbocycles. The van der Waals surface area contributed by atoms with Crippen molar-refractivity contribution in [2.24, 2.45) is 0 Å². The Balaban J connectivity index is 1.71. The van der Waals surface area contributed by atoms with Crippen LogP contribution in [-0.4, -0.2) is 29.1 Å². The lowest BCUT2D eigenvalue weighted by Gasteiger charge is -2.10. The monoisotopic (exact) mass is 349 g/mol. The van der Waals surface area contributed by atoms with Gasteiger partial charge in [0.2, 0.25) is 0 Å². The molecule has 0 fully saturated rings. The van der Waals surface area contributed by atoms with E-state index in [0.717, 1.165) is 5.69 Å². The summed E-state index contributed by atoms with van der Waals surface area (Å²) in [5.74, 6) is 0.466. The van der Waals surface area contributed by atoms with Crippen LogP contribution in [0.3, 0.4) is 0 Å². The van der Waals surface area contributed by atoms with E-state index in [4.69, 9.17) is 4.74 Å². The van der Waals surface area contributed by atoms with E-state index < -0.39 is 0 Å². The second kappa shape index (κ2) is 8.11. The van der Waals surface area contributed by atoms with E-state index in [0.29, 0.717) is 30.0 Å². The number of rotatable bonds is 6. The lowest BCUT2D eigenvalue weighted by atomic mass is 10.2. The molecule has 0 aliphatic heterocycles. The minimum absolute atomic E-state index is 0.208. The number of ether oxygens (including phenoxy) is 1. The molecule has 3 rings (SSSR count). The molecule has 0 unspecified atom stereocenters. The number of nitrogens with zero attached hydrogens (tertiary/aromatic N) is 2. The summed E-state index contributed by atoms with van der Waals surface area (Å²) in [6.07, 6.45) is 3.91. The molecule has 26 heavy (non-hydrogen) atoms. The van der Waals surface area contributed by atoms with Crippen LogP contribution in [-0.2, 0) is 6.42 Å². The molecule has 3 aromatic rings. The number of methoxy groups -OCH3 is 1. The minimum Gasteiger partial charge on any atom is -0.497 e. The fourth-order valence-corrected chi connectivity index (χ4v) is 2.52. The third-order valence-electron chi connectivity index (χ3n) is 3.92. The number of carbonyl (C=O) groups is 1. The molecule has 1 amide bonds. The summed E-state index contributed by atoms with van der Waals surface area (Å²) in [6, 6.07) is 15.7. The topological polar surface area (TPSA) is 73.2 Å². The number of benzene rings is 1. The van der Waals surface area contributed by atoms with Crippen molar-refractivity contribution >= 4 is 5.91 Å². The van der Waals surface area contributed by atoms with Crippen molar-refractivity contribution in [1.29, 1.82) is 0 Å². The first kappa shape index (κ1) is 17.4. The molecule has 1 aromatic carbocycles. The third kappa shape index (κ3) is 4.16. The molecule has 6 heteroatoms. The van der Waals surface area contributed by atoms with Crippen LogP contribution in [0.15, 0.2) is 71.8 Å². The van der Waals surface area contributed by atoms with Crippen LogP contribution >= 0.6 is 0 Å². The van der Waals surface area contributed by atoms with Crippen LogP contribution < -0.4 is 15.6 Å². The van der Waals surface area contributed by atoms with Crippen molar-refractivity contribution < 1.29 is 9.53 Å². The molecule has 0 aliphatic rings. The van der Waals surface area contributed by atoms with Gasteiger partial charge in [0.25, 0.3) is 11.5 Å². The average Bonchev–Trinajstić information content (AvgIpc) is 2.69. The van der Waals surface area contributed by atoms with Crippen LogP contribution in [0.1, 0.15) is 16.1 Å². The normalized spacial score (nSPS) is 10.3. The van der Waals surface area contributed by atoms with E-state index in [-0.39, 0.29) is 11.5 Å². The zero-order valence-electron chi connectivity index (χ0n) is 14.4.